The number of carbonyl (C=O) groups excluding carboxylic acids is 2. The summed E-state index contributed by atoms with van der Waals surface area (Å²) in [6, 6.07) is 3.37. The van der Waals surface area contributed by atoms with Crippen molar-refractivity contribution in [2.75, 3.05) is 37.6 Å². The molecular formula is C16H20F2N4O2. The second-order valence-corrected chi connectivity index (χ2v) is 6.04. The Bertz CT molecular complexity index is 620. The largest absolute Gasteiger partial charge is 0.365 e. The highest BCUT2D eigenvalue weighted by Crippen LogP contribution is 2.26. The maximum absolute atomic E-state index is 13.8. The second-order valence-electron chi connectivity index (χ2n) is 6.04. The van der Waals surface area contributed by atoms with Crippen LogP contribution in [0.4, 0.5) is 19.3 Å². The van der Waals surface area contributed by atoms with E-state index in [4.69, 9.17) is 0 Å². The topological polar surface area (TPSA) is 64.7 Å². The van der Waals surface area contributed by atoms with Crippen molar-refractivity contribution in [3.8, 4) is 0 Å². The van der Waals surface area contributed by atoms with E-state index in [1.807, 2.05) is 0 Å². The Balaban J connectivity index is 1.58. The molecule has 24 heavy (non-hydrogen) atoms. The Morgan fingerprint density at radius 1 is 1.21 bits per heavy atom. The number of rotatable bonds is 2. The molecule has 1 aromatic rings. The quantitative estimate of drug-likeness (QED) is 0.848. The van der Waals surface area contributed by atoms with Gasteiger partial charge in [0, 0.05) is 45.2 Å². The summed E-state index contributed by atoms with van der Waals surface area (Å²) in [6.07, 6.45) is 0.898. The average Bonchev–Trinajstić information content (AvgIpc) is 2.86. The monoisotopic (exact) mass is 338 g/mol. The molecule has 1 atom stereocenters. The molecule has 6 nitrogen and oxygen atoms in total. The molecule has 2 N–H and O–H groups in total. The maximum atomic E-state index is 13.8. The van der Waals surface area contributed by atoms with Crippen molar-refractivity contribution in [2.24, 2.45) is 0 Å². The molecule has 0 spiro atoms. The molecule has 0 aromatic heterocycles. The number of halogens is 2. The molecule has 2 heterocycles. The number of nitrogens with one attached hydrogen (secondary N) is 2. The van der Waals surface area contributed by atoms with Gasteiger partial charge in [-0.15, -0.1) is 0 Å². The first kappa shape index (κ1) is 16.5. The lowest BCUT2D eigenvalue weighted by Crippen LogP contribution is -2.47. The highest BCUT2D eigenvalue weighted by atomic mass is 19.1. The molecule has 0 saturated carbocycles. The van der Waals surface area contributed by atoms with Crippen LogP contribution in [0.3, 0.4) is 0 Å². The van der Waals surface area contributed by atoms with Gasteiger partial charge >= 0.3 is 6.03 Å². The molecule has 2 aliphatic rings. The minimum Gasteiger partial charge on any atom is -0.365 e. The Hall–Kier alpha value is -2.38. The van der Waals surface area contributed by atoms with E-state index >= 15 is 0 Å². The smallest absolute Gasteiger partial charge is 0.317 e. The van der Waals surface area contributed by atoms with E-state index in [-0.39, 0.29) is 30.1 Å². The number of benzene rings is 1. The molecule has 130 valence electrons. The van der Waals surface area contributed by atoms with Gasteiger partial charge in [-0.3, -0.25) is 4.79 Å². The van der Waals surface area contributed by atoms with Gasteiger partial charge in [-0.2, -0.15) is 0 Å². The van der Waals surface area contributed by atoms with Crippen LogP contribution >= 0.6 is 0 Å². The summed E-state index contributed by atoms with van der Waals surface area (Å²) in [5.74, 6) is -1.26. The van der Waals surface area contributed by atoms with Crippen molar-refractivity contribution in [3.63, 3.8) is 0 Å². The lowest BCUT2D eigenvalue weighted by atomic mass is 10.2. The third-order valence-electron chi connectivity index (χ3n) is 4.37. The van der Waals surface area contributed by atoms with E-state index in [0.717, 1.165) is 0 Å². The van der Waals surface area contributed by atoms with E-state index in [2.05, 4.69) is 10.6 Å². The second kappa shape index (κ2) is 7.02. The average molecular weight is 338 g/mol. The fourth-order valence-corrected chi connectivity index (χ4v) is 3.11. The van der Waals surface area contributed by atoms with E-state index in [1.54, 1.807) is 9.80 Å². The Kier molecular flexibility index (Phi) is 4.82. The third-order valence-corrected chi connectivity index (χ3v) is 4.37. The van der Waals surface area contributed by atoms with Crippen molar-refractivity contribution >= 4 is 17.6 Å². The Labute approximate surface area is 138 Å². The van der Waals surface area contributed by atoms with Crippen LogP contribution < -0.4 is 15.5 Å². The standard InChI is InChI=1S/C16H20F2N4O2/c17-12-2-1-3-13(18)15(12)22-7-4-11(10-22)20-16(24)21-8-5-14(23)19-6-9-21/h1-3,11H,4-10H2,(H,19,23)(H,20,24)/t11-/m1/s1. The molecule has 0 unspecified atom stereocenters. The van der Waals surface area contributed by atoms with Crippen molar-refractivity contribution in [1.82, 2.24) is 15.5 Å². The van der Waals surface area contributed by atoms with Gasteiger partial charge in [-0.05, 0) is 18.6 Å². The fourth-order valence-electron chi connectivity index (χ4n) is 3.11. The first-order valence-corrected chi connectivity index (χ1v) is 8.05. The molecule has 2 fully saturated rings. The van der Waals surface area contributed by atoms with Crippen LogP contribution in [0.5, 0.6) is 0 Å². The third kappa shape index (κ3) is 3.58. The summed E-state index contributed by atoms with van der Waals surface area (Å²) in [4.78, 5) is 26.8. The molecule has 0 bridgehead atoms. The van der Waals surface area contributed by atoms with E-state index in [9.17, 15) is 18.4 Å². The van der Waals surface area contributed by atoms with Crippen LogP contribution in [0.15, 0.2) is 18.2 Å². The Morgan fingerprint density at radius 3 is 2.71 bits per heavy atom. The zero-order valence-electron chi connectivity index (χ0n) is 13.2. The highest BCUT2D eigenvalue weighted by Gasteiger charge is 2.29. The fraction of sp³-hybridized carbons (Fsp3) is 0.500. The molecule has 1 aromatic carbocycles. The summed E-state index contributed by atoms with van der Waals surface area (Å²) in [7, 11) is 0. The van der Waals surface area contributed by atoms with Crippen LogP contribution in [0.25, 0.3) is 0 Å². The molecule has 2 aliphatic heterocycles. The van der Waals surface area contributed by atoms with Crippen molar-refractivity contribution in [1.29, 1.82) is 0 Å². The van der Waals surface area contributed by atoms with Crippen molar-refractivity contribution in [3.05, 3.63) is 29.8 Å². The molecule has 0 aliphatic carbocycles. The van der Waals surface area contributed by atoms with Gasteiger partial charge in [0.1, 0.15) is 17.3 Å². The molecular weight excluding hydrogens is 318 g/mol. The van der Waals surface area contributed by atoms with Crippen LogP contribution in [-0.2, 0) is 4.79 Å². The molecule has 2 saturated heterocycles. The predicted molar refractivity (Wildman–Crippen MR) is 84.7 cm³/mol. The number of hydrogen-bond donors (Lipinski definition) is 2. The SMILES string of the molecule is O=C1CCN(C(=O)N[C@@H]2CCN(c3c(F)cccc3F)C2)CCN1. The van der Waals surface area contributed by atoms with Crippen LogP contribution in [-0.4, -0.2) is 55.6 Å². The van der Waals surface area contributed by atoms with Gasteiger partial charge < -0.3 is 20.4 Å². The number of urea groups is 1. The lowest BCUT2D eigenvalue weighted by molar-refractivity contribution is -0.120. The van der Waals surface area contributed by atoms with Gasteiger partial charge in [-0.1, -0.05) is 6.07 Å². The van der Waals surface area contributed by atoms with Gasteiger partial charge in [0.15, 0.2) is 0 Å². The van der Waals surface area contributed by atoms with Crippen molar-refractivity contribution in [2.45, 2.75) is 18.9 Å². The van der Waals surface area contributed by atoms with Crippen LogP contribution in [0.1, 0.15) is 12.8 Å². The minimum absolute atomic E-state index is 0.0428. The lowest BCUT2D eigenvalue weighted by Gasteiger charge is -2.24. The summed E-state index contributed by atoms with van der Waals surface area (Å²) >= 11 is 0. The number of nitrogens with zero attached hydrogens (tertiary/aromatic N) is 2. The first-order valence-electron chi connectivity index (χ1n) is 8.05. The number of para-hydroxylation sites is 1. The Morgan fingerprint density at radius 2 is 1.96 bits per heavy atom. The summed E-state index contributed by atoms with van der Waals surface area (Å²) in [5, 5.41) is 5.60. The van der Waals surface area contributed by atoms with Gasteiger partial charge in [0.05, 0.1) is 0 Å². The highest BCUT2D eigenvalue weighted by molar-refractivity contribution is 5.79. The van der Waals surface area contributed by atoms with E-state index in [1.165, 1.54) is 18.2 Å². The number of anilines is 1. The molecule has 3 amide bonds. The van der Waals surface area contributed by atoms with E-state index < -0.39 is 11.6 Å². The van der Waals surface area contributed by atoms with Gasteiger partial charge in [0.2, 0.25) is 5.91 Å². The van der Waals surface area contributed by atoms with Gasteiger partial charge in [0.25, 0.3) is 0 Å². The van der Waals surface area contributed by atoms with E-state index in [0.29, 0.717) is 39.1 Å². The molecule has 8 heteroatoms. The first-order chi connectivity index (χ1) is 11.5. The summed E-state index contributed by atoms with van der Waals surface area (Å²) in [6.45, 7) is 2.09. The van der Waals surface area contributed by atoms with Crippen LogP contribution in [0, 0.1) is 11.6 Å². The van der Waals surface area contributed by atoms with Gasteiger partial charge in [-0.25, -0.2) is 13.6 Å². The van der Waals surface area contributed by atoms with Crippen molar-refractivity contribution < 1.29 is 18.4 Å². The molecule has 3 rings (SSSR count). The normalized spacial score (nSPS) is 21.4. The van der Waals surface area contributed by atoms with Crippen LogP contribution in [0.2, 0.25) is 0 Å². The summed E-state index contributed by atoms with van der Waals surface area (Å²) in [5.41, 5.74) is -0.0428. The summed E-state index contributed by atoms with van der Waals surface area (Å²) < 4.78 is 27.7. The zero-order valence-corrected chi connectivity index (χ0v) is 13.2. The minimum atomic E-state index is -0.598. The number of hydrogen-bond acceptors (Lipinski definition) is 3. The number of carbonyl (C=O) groups is 2. The maximum Gasteiger partial charge on any atom is 0.317 e. The predicted octanol–water partition coefficient (Wildman–Crippen LogP) is 1.07. The zero-order chi connectivity index (χ0) is 17.1. The molecule has 0 radical (unpaired) electrons. The number of amides is 3.